The molecule has 8 heteroatoms. The molecule has 2 rings (SSSR count). The lowest BCUT2D eigenvalue weighted by Crippen LogP contribution is -2.40. The van der Waals surface area contributed by atoms with Crippen LogP contribution in [0.2, 0.25) is 0 Å². The fraction of sp³-hybridized carbons (Fsp3) is 0.615. The summed E-state index contributed by atoms with van der Waals surface area (Å²) >= 11 is 0. The number of nitrogens with one attached hydrogen (secondary N) is 1. The normalized spacial score (nSPS) is 16.0. The Hall–Kier alpha value is -1.05. The minimum atomic E-state index is -3.85. The number of hydrogen-bond acceptors (Lipinski definition) is 4. The van der Waals surface area contributed by atoms with E-state index in [4.69, 9.17) is 15.4 Å². The van der Waals surface area contributed by atoms with Gasteiger partial charge in [-0.05, 0) is 32.8 Å². The second-order valence-corrected chi connectivity index (χ2v) is 8.35. The van der Waals surface area contributed by atoms with E-state index >= 15 is 0 Å². The average molecular weight is 335 g/mol. The smallest absolute Gasteiger partial charge is 0.268 e. The van der Waals surface area contributed by atoms with Crippen molar-refractivity contribution in [3.63, 3.8) is 0 Å². The summed E-state index contributed by atoms with van der Waals surface area (Å²) in [5.74, 6) is -0.335. The maximum Gasteiger partial charge on any atom is 0.268 e. The summed E-state index contributed by atoms with van der Waals surface area (Å²) in [5.41, 5.74) is -0.183. The van der Waals surface area contributed by atoms with Gasteiger partial charge in [-0.3, -0.25) is 4.79 Å². The molecule has 1 aromatic heterocycles. The lowest BCUT2D eigenvalue weighted by molar-refractivity contribution is 0.0227. The van der Waals surface area contributed by atoms with Crippen LogP contribution in [0.25, 0.3) is 0 Å². The zero-order valence-corrected chi connectivity index (χ0v) is 13.8. The van der Waals surface area contributed by atoms with Gasteiger partial charge in [0.15, 0.2) is 0 Å². The van der Waals surface area contributed by atoms with Crippen molar-refractivity contribution in [2.24, 2.45) is 0 Å². The fourth-order valence-electron chi connectivity index (χ4n) is 1.88. The number of carbonyl (C=O) groups excluding carboxylic acids is 1. The van der Waals surface area contributed by atoms with Gasteiger partial charge in [0.2, 0.25) is 0 Å². The van der Waals surface area contributed by atoms with Crippen molar-refractivity contribution in [3.8, 4) is 0 Å². The summed E-state index contributed by atoms with van der Waals surface area (Å²) in [5, 5.41) is 2.76. The molecule has 6 nitrogen and oxygen atoms in total. The lowest BCUT2D eigenvalue weighted by atomic mass is 10.1. The number of nitrogens with zero attached hydrogens (tertiary/aromatic N) is 1. The summed E-state index contributed by atoms with van der Waals surface area (Å²) in [6.45, 7) is 4.02. The molecular weight excluding hydrogens is 316 g/mol. The number of aromatic nitrogens is 1. The van der Waals surface area contributed by atoms with E-state index in [9.17, 15) is 13.2 Å². The Labute approximate surface area is 128 Å². The molecule has 1 saturated carbocycles. The molecule has 0 atom stereocenters. The quantitative estimate of drug-likeness (QED) is 0.806. The molecule has 21 heavy (non-hydrogen) atoms. The van der Waals surface area contributed by atoms with Crippen LogP contribution >= 0.6 is 10.7 Å². The Morgan fingerprint density at radius 3 is 2.62 bits per heavy atom. The standard InChI is InChI=1S/C13H19ClN2O4S/c1-13(2,20-3)8-15-12(17)11-6-10(21(14,18)19)7-16(11)9-4-5-9/h6-7,9H,4-5,8H2,1-3H3,(H,15,17). The number of methoxy groups -OCH3 is 1. The van der Waals surface area contributed by atoms with Crippen LogP contribution in [0.3, 0.4) is 0 Å². The third-order valence-electron chi connectivity index (χ3n) is 3.51. The van der Waals surface area contributed by atoms with E-state index in [1.165, 1.54) is 12.3 Å². The van der Waals surface area contributed by atoms with Crippen molar-refractivity contribution in [1.29, 1.82) is 0 Å². The number of ether oxygens (including phenoxy) is 1. The average Bonchev–Trinajstić information content (AvgIpc) is 3.13. The predicted molar refractivity (Wildman–Crippen MR) is 79.2 cm³/mol. The number of amides is 1. The van der Waals surface area contributed by atoms with Gasteiger partial charge >= 0.3 is 0 Å². The van der Waals surface area contributed by atoms with Gasteiger partial charge in [-0.25, -0.2) is 8.42 Å². The van der Waals surface area contributed by atoms with Crippen molar-refractivity contribution in [2.45, 2.75) is 43.2 Å². The van der Waals surface area contributed by atoms with Crippen molar-refractivity contribution in [1.82, 2.24) is 9.88 Å². The van der Waals surface area contributed by atoms with E-state index in [0.717, 1.165) is 12.8 Å². The molecule has 1 heterocycles. The molecule has 1 aromatic rings. The Balaban J connectivity index is 2.22. The molecule has 0 saturated heterocycles. The first-order chi connectivity index (χ1) is 9.64. The first kappa shape index (κ1) is 16.3. The van der Waals surface area contributed by atoms with Crippen LogP contribution in [0.15, 0.2) is 17.2 Å². The number of halogens is 1. The van der Waals surface area contributed by atoms with Gasteiger partial charge in [0.25, 0.3) is 15.0 Å². The zero-order valence-electron chi connectivity index (χ0n) is 12.2. The van der Waals surface area contributed by atoms with Gasteiger partial charge in [-0.2, -0.15) is 0 Å². The van der Waals surface area contributed by atoms with Gasteiger partial charge in [0.1, 0.15) is 10.6 Å². The van der Waals surface area contributed by atoms with Crippen molar-refractivity contribution >= 4 is 25.6 Å². The van der Waals surface area contributed by atoms with Crippen LogP contribution in [-0.2, 0) is 13.8 Å². The highest BCUT2D eigenvalue weighted by Crippen LogP contribution is 2.37. The van der Waals surface area contributed by atoms with Crippen LogP contribution in [0.5, 0.6) is 0 Å². The first-order valence-electron chi connectivity index (χ1n) is 6.64. The van der Waals surface area contributed by atoms with E-state index in [1.54, 1.807) is 11.7 Å². The summed E-state index contributed by atoms with van der Waals surface area (Å²) in [7, 11) is 3.07. The SMILES string of the molecule is COC(C)(C)CNC(=O)c1cc(S(=O)(=O)Cl)cn1C1CC1. The maximum absolute atomic E-state index is 12.3. The van der Waals surface area contributed by atoms with E-state index < -0.39 is 14.7 Å². The number of hydrogen-bond donors (Lipinski definition) is 1. The minimum absolute atomic E-state index is 0.0489. The molecule has 0 aromatic carbocycles. The Kier molecular flexibility index (Phi) is 4.37. The van der Waals surface area contributed by atoms with Crippen LogP contribution in [-0.4, -0.2) is 38.1 Å². The molecule has 0 unspecified atom stereocenters. The Morgan fingerprint density at radius 2 is 2.14 bits per heavy atom. The minimum Gasteiger partial charge on any atom is -0.377 e. The summed E-state index contributed by atoms with van der Waals surface area (Å²) in [6.07, 6.45) is 3.29. The van der Waals surface area contributed by atoms with Crippen molar-refractivity contribution < 1.29 is 17.9 Å². The monoisotopic (exact) mass is 334 g/mol. The fourth-order valence-corrected chi connectivity index (χ4v) is 2.63. The van der Waals surface area contributed by atoms with Crippen LogP contribution in [0.4, 0.5) is 0 Å². The molecule has 0 bridgehead atoms. The number of carbonyl (C=O) groups is 1. The van der Waals surface area contributed by atoms with Gasteiger partial charge in [-0.15, -0.1) is 0 Å². The van der Waals surface area contributed by atoms with Gasteiger partial charge in [0.05, 0.1) is 5.60 Å². The Bertz CT molecular complexity index is 647. The molecule has 1 aliphatic rings. The van der Waals surface area contributed by atoms with Crippen molar-refractivity contribution in [3.05, 3.63) is 18.0 Å². The highest BCUT2D eigenvalue weighted by Gasteiger charge is 2.30. The first-order valence-corrected chi connectivity index (χ1v) is 8.95. The van der Waals surface area contributed by atoms with Crippen LogP contribution in [0, 0.1) is 0 Å². The van der Waals surface area contributed by atoms with Crippen LogP contribution in [0.1, 0.15) is 43.2 Å². The predicted octanol–water partition coefficient (Wildman–Crippen LogP) is 1.91. The highest BCUT2D eigenvalue weighted by molar-refractivity contribution is 8.13. The molecule has 0 spiro atoms. The largest absolute Gasteiger partial charge is 0.377 e. The van der Waals surface area contributed by atoms with Crippen LogP contribution < -0.4 is 5.32 Å². The van der Waals surface area contributed by atoms with E-state index in [2.05, 4.69) is 5.32 Å². The van der Waals surface area contributed by atoms with Crippen molar-refractivity contribution in [2.75, 3.05) is 13.7 Å². The molecule has 0 aliphatic heterocycles. The third kappa shape index (κ3) is 3.99. The van der Waals surface area contributed by atoms with Gasteiger partial charge in [0, 0.05) is 36.6 Å². The topological polar surface area (TPSA) is 77.4 Å². The molecule has 1 N–H and O–H groups in total. The molecule has 118 valence electrons. The molecule has 1 aliphatic carbocycles. The van der Waals surface area contributed by atoms with E-state index in [0.29, 0.717) is 12.2 Å². The summed E-state index contributed by atoms with van der Waals surface area (Å²) < 4.78 is 29.8. The van der Waals surface area contributed by atoms with Gasteiger partial charge < -0.3 is 14.6 Å². The van der Waals surface area contributed by atoms with E-state index in [-0.39, 0.29) is 16.8 Å². The third-order valence-corrected chi connectivity index (χ3v) is 4.83. The maximum atomic E-state index is 12.3. The molecular formula is C13H19ClN2O4S. The van der Waals surface area contributed by atoms with Gasteiger partial charge in [-0.1, -0.05) is 0 Å². The zero-order chi connectivity index (χ0) is 15.8. The van der Waals surface area contributed by atoms with E-state index in [1.807, 2.05) is 13.8 Å². The number of rotatable bonds is 6. The summed E-state index contributed by atoms with van der Waals surface area (Å²) in [4.78, 5) is 12.2. The molecule has 0 radical (unpaired) electrons. The lowest BCUT2D eigenvalue weighted by Gasteiger charge is -2.23. The second-order valence-electron chi connectivity index (χ2n) is 5.78. The Morgan fingerprint density at radius 1 is 1.52 bits per heavy atom. The highest BCUT2D eigenvalue weighted by atomic mass is 35.7. The summed E-state index contributed by atoms with van der Waals surface area (Å²) in [6, 6.07) is 1.49. The molecule has 1 amide bonds. The molecule has 1 fully saturated rings. The second kappa shape index (κ2) is 5.62.